The minimum atomic E-state index is -4.36. The van der Waals surface area contributed by atoms with Crippen molar-refractivity contribution < 1.29 is 18.0 Å². The Morgan fingerprint density at radius 3 is 2.74 bits per heavy atom. The highest BCUT2D eigenvalue weighted by Gasteiger charge is 2.58. The van der Waals surface area contributed by atoms with Crippen molar-refractivity contribution in [2.45, 2.75) is 38.4 Å². The topological polar surface area (TPSA) is 32.3 Å². The fourth-order valence-corrected chi connectivity index (χ4v) is 4.51. The number of hydrogen-bond acceptors (Lipinski definition) is 3. The summed E-state index contributed by atoms with van der Waals surface area (Å²) in [7, 11) is 0. The van der Waals surface area contributed by atoms with Crippen molar-refractivity contribution in [1.82, 2.24) is 10.2 Å². The minimum absolute atomic E-state index is 0.0109. The summed E-state index contributed by atoms with van der Waals surface area (Å²) >= 11 is 1.87. The molecule has 2 aliphatic rings. The number of benzene rings is 1. The van der Waals surface area contributed by atoms with Crippen LogP contribution in [0, 0.1) is 11.3 Å². The van der Waals surface area contributed by atoms with Crippen LogP contribution in [0.5, 0.6) is 0 Å². The third kappa shape index (κ3) is 5.19. The number of halogens is 3. The first-order chi connectivity index (χ1) is 12.8. The third-order valence-electron chi connectivity index (χ3n) is 5.90. The molecule has 3 rings (SSSR count). The smallest absolute Gasteiger partial charge is 0.352 e. The number of piperidine rings is 1. The molecule has 2 fully saturated rings. The van der Waals surface area contributed by atoms with Crippen LogP contribution in [0.1, 0.15) is 36.8 Å². The molecule has 1 saturated carbocycles. The lowest BCUT2D eigenvalue weighted by atomic mass is 9.90. The number of thioether (sulfide) groups is 1. The van der Waals surface area contributed by atoms with Crippen LogP contribution in [-0.4, -0.2) is 42.4 Å². The van der Waals surface area contributed by atoms with E-state index >= 15 is 0 Å². The standard InChI is InChI=1S/C20H27F3N2OS/c1-27-11-3-8-25-9-6-19(7-10-25)13-17(19)18(26)24-14-15-4-2-5-16(12-15)20(21,22)23/h2,4-5,12,17H,3,6-11,13-14H2,1H3,(H,24,26). The number of carbonyl (C=O) groups is 1. The monoisotopic (exact) mass is 400 g/mol. The van der Waals surface area contributed by atoms with Gasteiger partial charge in [0.15, 0.2) is 0 Å². The van der Waals surface area contributed by atoms with E-state index in [4.69, 9.17) is 0 Å². The first-order valence-corrected chi connectivity index (χ1v) is 10.9. The number of amides is 1. The lowest BCUT2D eigenvalue weighted by Gasteiger charge is -2.32. The largest absolute Gasteiger partial charge is 0.416 e. The molecule has 7 heteroatoms. The number of nitrogens with one attached hydrogen (secondary N) is 1. The second-order valence-electron chi connectivity index (χ2n) is 7.72. The maximum Gasteiger partial charge on any atom is 0.416 e. The van der Waals surface area contributed by atoms with Gasteiger partial charge in [0, 0.05) is 12.5 Å². The minimum Gasteiger partial charge on any atom is -0.352 e. The van der Waals surface area contributed by atoms with Crippen LogP contribution in [0.3, 0.4) is 0 Å². The van der Waals surface area contributed by atoms with E-state index in [1.165, 1.54) is 18.2 Å². The molecule has 1 saturated heterocycles. The molecule has 1 atom stereocenters. The summed E-state index contributed by atoms with van der Waals surface area (Å²) in [6, 6.07) is 5.16. The van der Waals surface area contributed by atoms with Gasteiger partial charge in [-0.25, -0.2) is 0 Å². The molecule has 150 valence electrons. The Balaban J connectivity index is 1.44. The fraction of sp³-hybridized carbons (Fsp3) is 0.650. The molecule has 0 radical (unpaired) electrons. The van der Waals surface area contributed by atoms with E-state index in [-0.39, 0.29) is 23.8 Å². The van der Waals surface area contributed by atoms with E-state index in [0.29, 0.717) is 5.56 Å². The second kappa shape index (κ2) is 8.43. The molecule has 1 aliphatic heterocycles. The normalized spacial score (nSPS) is 22.0. The van der Waals surface area contributed by atoms with E-state index in [0.717, 1.165) is 51.0 Å². The van der Waals surface area contributed by atoms with Crippen molar-refractivity contribution in [2.24, 2.45) is 11.3 Å². The Labute approximate surface area is 163 Å². The van der Waals surface area contributed by atoms with Crippen molar-refractivity contribution in [3.63, 3.8) is 0 Å². The quantitative estimate of drug-likeness (QED) is 0.697. The summed E-state index contributed by atoms with van der Waals surface area (Å²) in [5.74, 6) is 1.20. The van der Waals surface area contributed by atoms with Crippen LogP contribution >= 0.6 is 11.8 Å². The summed E-state index contributed by atoms with van der Waals surface area (Å²) in [4.78, 5) is 15.0. The van der Waals surface area contributed by atoms with Gasteiger partial charge >= 0.3 is 6.18 Å². The van der Waals surface area contributed by atoms with Gasteiger partial charge < -0.3 is 10.2 Å². The molecule has 1 N–H and O–H groups in total. The number of nitrogens with zero attached hydrogens (tertiary/aromatic N) is 1. The number of alkyl halides is 3. The van der Waals surface area contributed by atoms with Gasteiger partial charge in [0.25, 0.3) is 0 Å². The molecule has 1 aromatic carbocycles. The molecule has 3 nitrogen and oxygen atoms in total. The zero-order valence-electron chi connectivity index (χ0n) is 15.6. The Kier molecular flexibility index (Phi) is 6.41. The van der Waals surface area contributed by atoms with Crippen molar-refractivity contribution in [2.75, 3.05) is 31.6 Å². The first-order valence-electron chi connectivity index (χ1n) is 9.49. The number of hydrogen-bond donors (Lipinski definition) is 1. The van der Waals surface area contributed by atoms with E-state index in [1.54, 1.807) is 6.07 Å². The summed E-state index contributed by atoms with van der Waals surface area (Å²) in [6.45, 7) is 3.37. The molecule has 0 aromatic heterocycles. The molecule has 1 unspecified atom stereocenters. The first kappa shape index (κ1) is 20.5. The number of rotatable bonds is 7. The zero-order valence-corrected chi connectivity index (χ0v) is 16.5. The van der Waals surface area contributed by atoms with Gasteiger partial charge in [-0.1, -0.05) is 12.1 Å². The maximum absolute atomic E-state index is 12.8. The molecule has 1 aliphatic carbocycles. The van der Waals surface area contributed by atoms with Crippen LogP contribution in [0.4, 0.5) is 13.2 Å². The van der Waals surface area contributed by atoms with Crippen molar-refractivity contribution >= 4 is 17.7 Å². The number of carbonyl (C=O) groups excluding carboxylic acids is 1. The predicted molar refractivity (Wildman–Crippen MR) is 103 cm³/mol. The van der Waals surface area contributed by atoms with Gasteiger partial charge in [-0.3, -0.25) is 4.79 Å². The van der Waals surface area contributed by atoms with Crippen LogP contribution in [0.15, 0.2) is 24.3 Å². The molecule has 1 heterocycles. The van der Waals surface area contributed by atoms with Crippen LogP contribution in [0.2, 0.25) is 0 Å². The lowest BCUT2D eigenvalue weighted by molar-refractivity contribution is -0.137. The van der Waals surface area contributed by atoms with Gasteiger partial charge in [-0.05, 0) is 80.4 Å². The summed E-state index contributed by atoms with van der Waals surface area (Å²) in [5, 5.41) is 2.84. The fourth-order valence-electron chi connectivity index (χ4n) is 4.10. The van der Waals surface area contributed by atoms with Crippen LogP contribution in [-0.2, 0) is 17.5 Å². The van der Waals surface area contributed by atoms with Crippen molar-refractivity contribution in [1.29, 1.82) is 0 Å². The van der Waals surface area contributed by atoms with Gasteiger partial charge in [0.05, 0.1) is 5.56 Å². The van der Waals surface area contributed by atoms with E-state index in [9.17, 15) is 18.0 Å². The molecule has 1 amide bonds. The van der Waals surface area contributed by atoms with Crippen molar-refractivity contribution in [3.05, 3.63) is 35.4 Å². The van der Waals surface area contributed by atoms with E-state index in [1.807, 2.05) is 11.8 Å². The van der Waals surface area contributed by atoms with E-state index < -0.39 is 11.7 Å². The van der Waals surface area contributed by atoms with Crippen molar-refractivity contribution in [3.8, 4) is 0 Å². The third-order valence-corrected chi connectivity index (χ3v) is 6.60. The second-order valence-corrected chi connectivity index (χ2v) is 8.71. The molecule has 27 heavy (non-hydrogen) atoms. The SMILES string of the molecule is CSCCCN1CCC2(CC1)CC2C(=O)NCc1cccc(C(F)(F)F)c1. The zero-order chi connectivity index (χ0) is 19.5. The Morgan fingerprint density at radius 2 is 2.07 bits per heavy atom. The van der Waals surface area contributed by atoms with Gasteiger partial charge in [-0.15, -0.1) is 0 Å². The maximum atomic E-state index is 12.8. The molecule has 1 spiro atoms. The highest BCUT2D eigenvalue weighted by molar-refractivity contribution is 7.98. The predicted octanol–water partition coefficient (Wildman–Crippen LogP) is 4.18. The average Bonchev–Trinajstić information content (AvgIpc) is 3.35. The Bertz CT molecular complexity index is 657. The highest BCUT2D eigenvalue weighted by Crippen LogP contribution is 2.59. The van der Waals surface area contributed by atoms with Crippen LogP contribution < -0.4 is 5.32 Å². The Morgan fingerprint density at radius 1 is 1.33 bits per heavy atom. The Hall–Kier alpha value is -1.21. The average molecular weight is 401 g/mol. The van der Waals surface area contributed by atoms with Gasteiger partial charge in [0.2, 0.25) is 5.91 Å². The van der Waals surface area contributed by atoms with Gasteiger partial charge in [0.1, 0.15) is 0 Å². The molecular formula is C20H27F3N2OS. The summed E-state index contributed by atoms with van der Waals surface area (Å²) in [5.41, 5.74) is -0.0593. The van der Waals surface area contributed by atoms with Gasteiger partial charge in [-0.2, -0.15) is 24.9 Å². The molecule has 0 bridgehead atoms. The highest BCUT2D eigenvalue weighted by atomic mass is 32.2. The van der Waals surface area contributed by atoms with E-state index in [2.05, 4.69) is 16.5 Å². The molecule has 1 aromatic rings. The lowest BCUT2D eigenvalue weighted by Crippen LogP contribution is -2.37. The summed E-state index contributed by atoms with van der Waals surface area (Å²) < 4.78 is 38.3. The number of likely N-dealkylation sites (tertiary alicyclic amines) is 1. The van der Waals surface area contributed by atoms with Crippen LogP contribution in [0.25, 0.3) is 0 Å². The summed E-state index contributed by atoms with van der Waals surface area (Å²) in [6.07, 6.45) is 1.99. The molecular weight excluding hydrogens is 373 g/mol.